The number of nitrogen functional groups attached to an aromatic ring is 1. The predicted octanol–water partition coefficient (Wildman–Crippen LogP) is 3.66. The summed E-state index contributed by atoms with van der Waals surface area (Å²) in [5.74, 6) is 0.128. The van der Waals surface area contributed by atoms with Crippen molar-refractivity contribution in [2.75, 3.05) is 12.3 Å². The van der Waals surface area contributed by atoms with Gasteiger partial charge in [0.2, 0.25) is 0 Å². The van der Waals surface area contributed by atoms with Crippen LogP contribution in [0, 0.1) is 5.92 Å². The smallest absolute Gasteiger partial charge is 0.340 e. The summed E-state index contributed by atoms with van der Waals surface area (Å²) >= 11 is 5.85. The molecule has 18 heavy (non-hydrogen) atoms. The Labute approximate surface area is 112 Å². The molecule has 0 bridgehead atoms. The molecule has 1 fully saturated rings. The Balaban J connectivity index is 1.92. The molecule has 0 unspecified atom stereocenters. The van der Waals surface area contributed by atoms with Crippen molar-refractivity contribution in [1.29, 1.82) is 0 Å². The first-order valence-electron chi connectivity index (χ1n) is 6.39. The van der Waals surface area contributed by atoms with E-state index in [1.165, 1.54) is 19.3 Å². The summed E-state index contributed by atoms with van der Waals surface area (Å²) in [7, 11) is 0. The van der Waals surface area contributed by atoms with E-state index in [1.807, 2.05) is 0 Å². The molecule has 4 heteroatoms. The molecular weight excluding hydrogens is 250 g/mol. The summed E-state index contributed by atoms with van der Waals surface area (Å²) in [6, 6.07) is 4.84. The largest absolute Gasteiger partial charge is 0.462 e. The Kier molecular flexibility index (Phi) is 4.48. The van der Waals surface area contributed by atoms with Gasteiger partial charge >= 0.3 is 5.97 Å². The van der Waals surface area contributed by atoms with Gasteiger partial charge in [0.15, 0.2) is 0 Å². The number of benzene rings is 1. The van der Waals surface area contributed by atoms with E-state index in [0.717, 1.165) is 12.8 Å². The fourth-order valence-electron chi connectivity index (χ4n) is 2.33. The third-order valence-electron chi connectivity index (χ3n) is 3.41. The minimum absolute atomic E-state index is 0.360. The Morgan fingerprint density at radius 2 is 2.06 bits per heavy atom. The molecule has 0 aromatic heterocycles. The summed E-state index contributed by atoms with van der Waals surface area (Å²) in [4.78, 5) is 11.9. The maximum Gasteiger partial charge on any atom is 0.340 e. The van der Waals surface area contributed by atoms with Gasteiger partial charge in [-0.2, -0.15) is 0 Å². The van der Waals surface area contributed by atoms with Crippen LogP contribution in [0.5, 0.6) is 0 Å². The summed E-state index contributed by atoms with van der Waals surface area (Å²) in [6.07, 6.45) is 6.07. The topological polar surface area (TPSA) is 52.3 Å². The van der Waals surface area contributed by atoms with E-state index in [-0.39, 0.29) is 5.97 Å². The molecule has 1 aromatic carbocycles. The van der Waals surface area contributed by atoms with Gasteiger partial charge in [0, 0.05) is 10.7 Å². The Hall–Kier alpha value is -1.22. The van der Waals surface area contributed by atoms with Gasteiger partial charge in [-0.3, -0.25) is 0 Å². The van der Waals surface area contributed by atoms with Crippen molar-refractivity contribution in [1.82, 2.24) is 0 Å². The van der Waals surface area contributed by atoms with Crippen LogP contribution in [0.15, 0.2) is 18.2 Å². The molecule has 0 atom stereocenters. The minimum atomic E-state index is -0.374. The monoisotopic (exact) mass is 267 g/mol. The Bertz CT molecular complexity index is 428. The average Bonchev–Trinajstić information content (AvgIpc) is 2.40. The molecule has 0 aliphatic heterocycles. The third kappa shape index (κ3) is 3.39. The van der Waals surface area contributed by atoms with Gasteiger partial charge in [0.05, 0.1) is 12.2 Å². The van der Waals surface area contributed by atoms with Crippen LogP contribution in [0.2, 0.25) is 5.02 Å². The second-order valence-corrected chi connectivity index (χ2v) is 5.27. The quantitative estimate of drug-likeness (QED) is 0.672. The first-order chi connectivity index (χ1) is 8.66. The molecular formula is C14H18ClNO2. The molecule has 1 aliphatic carbocycles. The maximum atomic E-state index is 11.9. The number of esters is 1. The number of anilines is 1. The van der Waals surface area contributed by atoms with Crippen molar-refractivity contribution in [3.05, 3.63) is 28.8 Å². The van der Waals surface area contributed by atoms with Crippen molar-refractivity contribution in [2.24, 2.45) is 5.92 Å². The van der Waals surface area contributed by atoms with Crippen molar-refractivity contribution in [2.45, 2.75) is 32.1 Å². The van der Waals surface area contributed by atoms with Crippen molar-refractivity contribution in [3.8, 4) is 0 Å². The second-order valence-electron chi connectivity index (χ2n) is 4.83. The molecule has 98 valence electrons. The first-order valence-corrected chi connectivity index (χ1v) is 6.77. The maximum absolute atomic E-state index is 11.9. The molecule has 1 aliphatic rings. The van der Waals surface area contributed by atoms with E-state index in [1.54, 1.807) is 18.2 Å². The van der Waals surface area contributed by atoms with E-state index in [2.05, 4.69) is 0 Å². The van der Waals surface area contributed by atoms with Crippen LogP contribution in [0.4, 0.5) is 5.69 Å². The van der Waals surface area contributed by atoms with Crippen LogP contribution < -0.4 is 5.73 Å². The molecule has 0 heterocycles. The molecule has 0 saturated heterocycles. The van der Waals surface area contributed by atoms with Crippen LogP contribution in [0.25, 0.3) is 0 Å². The number of carbonyl (C=O) groups is 1. The predicted molar refractivity (Wildman–Crippen MR) is 72.7 cm³/mol. The Morgan fingerprint density at radius 3 is 2.78 bits per heavy atom. The van der Waals surface area contributed by atoms with Gasteiger partial charge in [-0.15, -0.1) is 0 Å². The lowest BCUT2D eigenvalue weighted by atomic mass is 9.90. The molecule has 1 aromatic rings. The number of ether oxygens (including phenoxy) is 1. The summed E-state index contributed by atoms with van der Waals surface area (Å²) in [5, 5.41) is 0.494. The van der Waals surface area contributed by atoms with Gasteiger partial charge in [-0.05, 0) is 37.0 Å². The summed E-state index contributed by atoms with van der Waals surface area (Å²) in [6.45, 7) is 0.491. The SMILES string of the molecule is Nc1ccc(Cl)cc1C(=O)OCC1CCCCC1. The van der Waals surface area contributed by atoms with Crippen LogP contribution in [-0.4, -0.2) is 12.6 Å². The van der Waals surface area contributed by atoms with Crippen LogP contribution in [0.1, 0.15) is 42.5 Å². The normalized spacial score (nSPS) is 16.5. The van der Waals surface area contributed by atoms with Crippen molar-refractivity contribution < 1.29 is 9.53 Å². The second kappa shape index (κ2) is 6.10. The molecule has 2 rings (SSSR count). The zero-order valence-corrected chi connectivity index (χ0v) is 11.1. The Morgan fingerprint density at radius 1 is 1.33 bits per heavy atom. The van der Waals surface area contributed by atoms with Gasteiger partial charge in [0.1, 0.15) is 0 Å². The molecule has 0 amide bonds. The minimum Gasteiger partial charge on any atom is -0.462 e. The number of rotatable bonds is 3. The zero-order valence-electron chi connectivity index (χ0n) is 10.3. The molecule has 2 N–H and O–H groups in total. The van der Waals surface area contributed by atoms with Gasteiger partial charge < -0.3 is 10.5 Å². The van der Waals surface area contributed by atoms with E-state index < -0.39 is 0 Å². The molecule has 0 radical (unpaired) electrons. The zero-order chi connectivity index (χ0) is 13.0. The standard InChI is InChI=1S/C14H18ClNO2/c15-11-6-7-13(16)12(8-11)14(17)18-9-10-4-2-1-3-5-10/h6-8,10H,1-5,9,16H2. The highest BCUT2D eigenvalue weighted by Gasteiger charge is 2.17. The lowest BCUT2D eigenvalue weighted by molar-refractivity contribution is 0.0411. The highest BCUT2D eigenvalue weighted by Crippen LogP contribution is 2.25. The average molecular weight is 268 g/mol. The molecule has 1 saturated carbocycles. The lowest BCUT2D eigenvalue weighted by Crippen LogP contribution is -2.17. The van der Waals surface area contributed by atoms with Crippen molar-refractivity contribution >= 4 is 23.3 Å². The van der Waals surface area contributed by atoms with E-state index in [9.17, 15) is 4.79 Å². The highest BCUT2D eigenvalue weighted by atomic mass is 35.5. The molecule has 0 spiro atoms. The van der Waals surface area contributed by atoms with Crippen LogP contribution in [-0.2, 0) is 4.74 Å². The van der Waals surface area contributed by atoms with Gasteiger partial charge in [-0.25, -0.2) is 4.79 Å². The van der Waals surface area contributed by atoms with Crippen molar-refractivity contribution in [3.63, 3.8) is 0 Å². The van der Waals surface area contributed by atoms with E-state index in [4.69, 9.17) is 22.1 Å². The number of hydrogen-bond donors (Lipinski definition) is 1. The lowest BCUT2D eigenvalue weighted by Gasteiger charge is -2.21. The fourth-order valence-corrected chi connectivity index (χ4v) is 2.50. The van der Waals surface area contributed by atoms with Gasteiger partial charge in [-0.1, -0.05) is 30.9 Å². The van der Waals surface area contributed by atoms with Crippen LogP contribution in [0.3, 0.4) is 0 Å². The number of nitrogens with two attached hydrogens (primary N) is 1. The van der Waals surface area contributed by atoms with E-state index >= 15 is 0 Å². The number of carbonyl (C=O) groups excluding carboxylic acids is 1. The molecule has 3 nitrogen and oxygen atoms in total. The van der Waals surface area contributed by atoms with E-state index in [0.29, 0.717) is 28.8 Å². The summed E-state index contributed by atoms with van der Waals surface area (Å²) in [5.41, 5.74) is 6.51. The number of halogens is 1. The first kappa shape index (κ1) is 13.2. The van der Waals surface area contributed by atoms with Crippen LogP contribution >= 0.6 is 11.6 Å². The third-order valence-corrected chi connectivity index (χ3v) is 3.65. The fraction of sp³-hybridized carbons (Fsp3) is 0.500. The highest BCUT2D eigenvalue weighted by molar-refractivity contribution is 6.31. The number of hydrogen-bond acceptors (Lipinski definition) is 3. The van der Waals surface area contributed by atoms with Gasteiger partial charge in [0.25, 0.3) is 0 Å². The summed E-state index contributed by atoms with van der Waals surface area (Å²) < 4.78 is 5.33.